The first-order valence-corrected chi connectivity index (χ1v) is 11.5. The van der Waals surface area contributed by atoms with E-state index in [4.69, 9.17) is 39.5 Å². The summed E-state index contributed by atoms with van der Waals surface area (Å²) >= 11 is 11.4. The van der Waals surface area contributed by atoms with Gasteiger partial charge in [0.25, 0.3) is 0 Å². The average Bonchev–Trinajstić information content (AvgIpc) is 3.55. The van der Waals surface area contributed by atoms with Crippen LogP contribution in [0.15, 0.2) is 42.5 Å². The van der Waals surface area contributed by atoms with Crippen LogP contribution in [0.4, 0.5) is 14.5 Å². The number of alkyl halides is 1. The van der Waals surface area contributed by atoms with E-state index in [0.717, 1.165) is 25.4 Å². The average molecular weight is 517 g/mol. The SMILES string of the molecule is C=O.CC(=O)NCF.NC1C(c2cccc(Cl)c2F)CCN1CC1CC1.Nc1cccc(Cl)c1. The number of carbonyl (C=O) groups excluding carboxylic acids is 2. The summed E-state index contributed by atoms with van der Waals surface area (Å²) in [5.41, 5.74) is 13.0. The minimum absolute atomic E-state index is 0.0708. The fraction of sp³-hybridized carbons (Fsp3) is 0.417. The van der Waals surface area contributed by atoms with E-state index in [9.17, 15) is 13.6 Å². The molecule has 1 aliphatic carbocycles. The molecule has 0 bridgehead atoms. The van der Waals surface area contributed by atoms with E-state index in [1.807, 2.05) is 24.2 Å². The van der Waals surface area contributed by atoms with Crippen LogP contribution in [-0.4, -0.2) is 43.6 Å². The molecule has 0 spiro atoms. The number of halogens is 4. The van der Waals surface area contributed by atoms with Crippen LogP contribution in [0.2, 0.25) is 10.0 Å². The molecule has 2 atom stereocenters. The summed E-state index contributed by atoms with van der Waals surface area (Å²) in [6.07, 6.45) is 3.49. The summed E-state index contributed by atoms with van der Waals surface area (Å²) in [7, 11) is 0. The van der Waals surface area contributed by atoms with Gasteiger partial charge in [-0.3, -0.25) is 9.69 Å². The standard InChI is InChI=1S/C14H18ClFN2.C6H6ClN.C3H6FNO.CH2O/c15-12-3-1-2-10(13(12)16)11-6-7-18(14(11)17)8-9-4-5-9;7-5-2-1-3-6(8)4-5;1-3(6)5-2-4;1-2/h1-3,9,11,14H,4-8,17H2;1-4H,8H2;2H2,1H3,(H,5,6);1H2. The number of hydrogen-bond acceptors (Lipinski definition) is 5. The Bertz CT molecular complexity index is 886. The van der Waals surface area contributed by atoms with Crippen molar-refractivity contribution in [3.63, 3.8) is 0 Å². The third-order valence-corrected chi connectivity index (χ3v) is 5.82. The first kappa shape index (κ1) is 29.8. The normalized spacial score (nSPS) is 18.9. The molecule has 1 saturated carbocycles. The first-order valence-electron chi connectivity index (χ1n) is 10.8. The van der Waals surface area contributed by atoms with E-state index in [2.05, 4.69) is 4.90 Å². The van der Waals surface area contributed by atoms with E-state index in [0.29, 0.717) is 16.3 Å². The predicted molar refractivity (Wildman–Crippen MR) is 134 cm³/mol. The summed E-state index contributed by atoms with van der Waals surface area (Å²) in [6, 6.07) is 12.3. The molecule has 188 valence electrons. The smallest absolute Gasteiger partial charge is 0.218 e. The molecule has 1 amide bonds. The second-order valence-corrected chi connectivity index (χ2v) is 8.73. The van der Waals surface area contributed by atoms with Gasteiger partial charge in [-0.25, -0.2) is 8.78 Å². The van der Waals surface area contributed by atoms with Crippen molar-refractivity contribution in [2.24, 2.45) is 11.7 Å². The maximum absolute atomic E-state index is 14.0. The van der Waals surface area contributed by atoms with Crippen LogP contribution in [0.3, 0.4) is 0 Å². The number of anilines is 1. The molecule has 6 nitrogen and oxygen atoms in total. The summed E-state index contributed by atoms with van der Waals surface area (Å²) < 4.78 is 24.9. The van der Waals surface area contributed by atoms with E-state index in [1.165, 1.54) is 19.8 Å². The molecule has 2 aromatic rings. The number of rotatable bonds is 4. The van der Waals surface area contributed by atoms with Crippen molar-refractivity contribution in [2.45, 2.75) is 38.3 Å². The van der Waals surface area contributed by atoms with Gasteiger partial charge in [0.1, 0.15) is 12.6 Å². The Morgan fingerprint density at radius 3 is 2.29 bits per heavy atom. The van der Waals surface area contributed by atoms with Crippen LogP contribution in [0.5, 0.6) is 0 Å². The molecular weight excluding hydrogens is 485 g/mol. The number of nitrogens with one attached hydrogen (secondary N) is 1. The quantitative estimate of drug-likeness (QED) is 0.402. The second kappa shape index (κ2) is 15.6. The lowest BCUT2D eigenvalue weighted by atomic mass is 9.95. The number of benzene rings is 2. The summed E-state index contributed by atoms with van der Waals surface area (Å²) in [5.74, 6) is 0.256. The molecule has 1 heterocycles. The molecule has 2 fully saturated rings. The van der Waals surface area contributed by atoms with Gasteiger partial charge >= 0.3 is 0 Å². The largest absolute Gasteiger partial charge is 0.399 e. The highest BCUT2D eigenvalue weighted by molar-refractivity contribution is 6.31. The third kappa shape index (κ3) is 10.3. The van der Waals surface area contributed by atoms with Gasteiger partial charge in [-0.2, -0.15) is 0 Å². The fourth-order valence-corrected chi connectivity index (χ4v) is 3.85. The number of hydrogen-bond donors (Lipinski definition) is 3. The Kier molecular flexibility index (Phi) is 13.7. The number of nitrogens with zero attached hydrogens (tertiary/aromatic N) is 1. The number of amides is 1. The van der Waals surface area contributed by atoms with Gasteiger partial charge in [-0.1, -0.05) is 41.4 Å². The molecule has 5 N–H and O–H groups in total. The van der Waals surface area contributed by atoms with Crippen molar-refractivity contribution >= 4 is 41.6 Å². The molecule has 4 rings (SSSR count). The second-order valence-electron chi connectivity index (χ2n) is 7.89. The van der Waals surface area contributed by atoms with Crippen LogP contribution in [0.25, 0.3) is 0 Å². The molecule has 0 radical (unpaired) electrons. The number of nitrogen functional groups attached to an aromatic ring is 1. The highest BCUT2D eigenvalue weighted by atomic mass is 35.5. The van der Waals surface area contributed by atoms with Gasteiger partial charge in [-0.05, 0) is 55.0 Å². The van der Waals surface area contributed by atoms with Crippen LogP contribution >= 0.6 is 23.2 Å². The topological polar surface area (TPSA) is 101 Å². The molecule has 2 aromatic carbocycles. The lowest BCUT2D eigenvalue weighted by Gasteiger charge is -2.24. The summed E-state index contributed by atoms with van der Waals surface area (Å²) in [5, 5.41) is 2.78. The van der Waals surface area contributed by atoms with Crippen molar-refractivity contribution in [2.75, 3.05) is 25.6 Å². The van der Waals surface area contributed by atoms with E-state index in [1.54, 1.807) is 30.3 Å². The molecule has 1 aliphatic heterocycles. The molecular formula is C24H32Cl2F2N4O2. The van der Waals surface area contributed by atoms with Crippen molar-refractivity contribution in [3.05, 3.63) is 63.9 Å². The molecule has 34 heavy (non-hydrogen) atoms. The minimum atomic E-state index is -0.769. The van der Waals surface area contributed by atoms with Gasteiger partial charge in [0, 0.05) is 36.6 Å². The van der Waals surface area contributed by atoms with Crippen molar-refractivity contribution in [3.8, 4) is 0 Å². The monoisotopic (exact) mass is 516 g/mol. The Hall–Kier alpha value is -2.26. The van der Waals surface area contributed by atoms with Gasteiger partial charge < -0.3 is 21.6 Å². The molecule has 2 aliphatic rings. The molecule has 0 aromatic heterocycles. The zero-order chi connectivity index (χ0) is 25.7. The number of likely N-dealkylation sites (tertiary alicyclic amines) is 1. The maximum atomic E-state index is 14.0. The lowest BCUT2D eigenvalue weighted by Crippen LogP contribution is -2.40. The van der Waals surface area contributed by atoms with Gasteiger partial charge in [0.2, 0.25) is 5.91 Å². The van der Waals surface area contributed by atoms with Crippen LogP contribution < -0.4 is 16.8 Å². The van der Waals surface area contributed by atoms with Gasteiger partial charge in [0.15, 0.2) is 6.80 Å². The summed E-state index contributed by atoms with van der Waals surface area (Å²) in [6.45, 7) is 4.53. The van der Waals surface area contributed by atoms with Crippen LogP contribution in [0, 0.1) is 11.7 Å². The number of carbonyl (C=O) groups is 2. The number of nitrogens with two attached hydrogens (primary N) is 2. The minimum Gasteiger partial charge on any atom is -0.399 e. The van der Waals surface area contributed by atoms with Crippen LogP contribution in [0.1, 0.15) is 37.7 Å². The van der Waals surface area contributed by atoms with Crippen molar-refractivity contribution in [1.29, 1.82) is 0 Å². The fourth-order valence-electron chi connectivity index (χ4n) is 3.47. The maximum Gasteiger partial charge on any atom is 0.218 e. The zero-order valence-electron chi connectivity index (χ0n) is 19.2. The van der Waals surface area contributed by atoms with Gasteiger partial charge in [-0.15, -0.1) is 0 Å². The highest BCUT2D eigenvalue weighted by Crippen LogP contribution is 2.37. The molecule has 1 saturated heterocycles. The Morgan fingerprint density at radius 2 is 1.82 bits per heavy atom. The zero-order valence-corrected chi connectivity index (χ0v) is 20.7. The van der Waals surface area contributed by atoms with Crippen LogP contribution in [-0.2, 0) is 9.59 Å². The Morgan fingerprint density at radius 1 is 1.18 bits per heavy atom. The first-order chi connectivity index (χ1) is 16.2. The predicted octanol–water partition coefficient (Wildman–Crippen LogP) is 4.75. The molecule has 2 unspecified atom stereocenters. The van der Waals surface area contributed by atoms with E-state index >= 15 is 0 Å². The van der Waals surface area contributed by atoms with Crippen molar-refractivity contribution < 1.29 is 18.4 Å². The highest BCUT2D eigenvalue weighted by Gasteiger charge is 2.36. The van der Waals surface area contributed by atoms with E-state index < -0.39 is 6.80 Å². The molecule has 10 heteroatoms. The Balaban J connectivity index is 0.000000300. The Labute approximate surface area is 209 Å². The third-order valence-electron chi connectivity index (χ3n) is 5.30. The van der Waals surface area contributed by atoms with Crippen molar-refractivity contribution in [1.82, 2.24) is 10.2 Å². The van der Waals surface area contributed by atoms with Gasteiger partial charge in [0.05, 0.1) is 11.2 Å². The van der Waals surface area contributed by atoms with E-state index in [-0.39, 0.29) is 28.8 Å². The lowest BCUT2D eigenvalue weighted by molar-refractivity contribution is -0.119. The summed E-state index contributed by atoms with van der Waals surface area (Å²) in [4.78, 5) is 20.0.